The summed E-state index contributed by atoms with van der Waals surface area (Å²) in [6.07, 6.45) is 3.15. The van der Waals surface area contributed by atoms with E-state index in [-0.39, 0.29) is 16.9 Å². The number of nitrogens with one attached hydrogen (secondary N) is 1. The number of amides is 1. The van der Waals surface area contributed by atoms with Crippen LogP contribution in [0.25, 0.3) is 11.0 Å². The highest BCUT2D eigenvalue weighted by atomic mass is 35.5. The Labute approximate surface area is 119 Å². The summed E-state index contributed by atoms with van der Waals surface area (Å²) >= 11 is 6.03. The summed E-state index contributed by atoms with van der Waals surface area (Å²) in [6, 6.07) is 7.29. The van der Waals surface area contributed by atoms with Crippen molar-refractivity contribution in [1.82, 2.24) is 19.5 Å². The zero-order valence-electron chi connectivity index (χ0n) is 10.5. The molecule has 3 rings (SSSR count). The van der Waals surface area contributed by atoms with Crippen molar-refractivity contribution in [2.75, 3.05) is 5.32 Å². The highest BCUT2D eigenvalue weighted by molar-refractivity contribution is 6.32. The quantitative estimate of drug-likeness (QED) is 0.785. The molecular weight excluding hydrogens is 278 g/mol. The predicted molar refractivity (Wildman–Crippen MR) is 75.7 cm³/mol. The first kappa shape index (κ1) is 12.6. The highest BCUT2D eigenvalue weighted by Crippen LogP contribution is 2.21. The van der Waals surface area contributed by atoms with Gasteiger partial charge in [-0.25, -0.2) is 15.0 Å². The molecule has 1 aromatic carbocycles. The Morgan fingerprint density at radius 3 is 2.60 bits per heavy atom. The Bertz CT molecular complexity index is 798. The number of halogens is 1. The number of carbonyl (C=O) groups excluding carboxylic acids is 1. The summed E-state index contributed by atoms with van der Waals surface area (Å²) in [7, 11) is 1.78. The van der Waals surface area contributed by atoms with E-state index in [9.17, 15) is 4.79 Å². The van der Waals surface area contributed by atoms with E-state index in [1.165, 1.54) is 0 Å². The molecule has 1 N–H and O–H groups in total. The van der Waals surface area contributed by atoms with Gasteiger partial charge in [0.2, 0.25) is 0 Å². The van der Waals surface area contributed by atoms with Crippen LogP contribution in [0.1, 0.15) is 10.5 Å². The number of nitrogens with zero attached hydrogens (tertiary/aromatic N) is 4. The van der Waals surface area contributed by atoms with Crippen LogP contribution in [0.15, 0.2) is 36.8 Å². The van der Waals surface area contributed by atoms with Crippen LogP contribution in [0.4, 0.5) is 5.82 Å². The standard InChI is InChI=1S/C13H10ClN5O/c1-19-6-10(15-7-19)13(20)18-12-11(14)16-8-4-2-3-5-9(8)17-12/h2-7H,1H3,(H,17,18,20). The summed E-state index contributed by atoms with van der Waals surface area (Å²) in [5, 5.41) is 2.76. The molecule has 0 saturated heterocycles. The first-order chi connectivity index (χ1) is 9.63. The molecule has 100 valence electrons. The minimum Gasteiger partial charge on any atom is -0.340 e. The summed E-state index contributed by atoms with van der Waals surface area (Å²) in [4.78, 5) is 24.4. The molecule has 6 nitrogen and oxygen atoms in total. The second-order valence-electron chi connectivity index (χ2n) is 4.23. The molecular formula is C13H10ClN5O. The van der Waals surface area contributed by atoms with Crippen LogP contribution in [0.3, 0.4) is 0 Å². The van der Waals surface area contributed by atoms with Crippen molar-refractivity contribution >= 4 is 34.4 Å². The molecule has 20 heavy (non-hydrogen) atoms. The van der Waals surface area contributed by atoms with E-state index in [2.05, 4.69) is 20.3 Å². The van der Waals surface area contributed by atoms with Crippen LogP contribution in [0.5, 0.6) is 0 Å². The lowest BCUT2D eigenvalue weighted by Crippen LogP contribution is -2.14. The van der Waals surface area contributed by atoms with Crippen molar-refractivity contribution in [2.24, 2.45) is 7.05 Å². The molecule has 2 aromatic heterocycles. The van der Waals surface area contributed by atoms with Gasteiger partial charge in [0, 0.05) is 13.2 Å². The fourth-order valence-electron chi connectivity index (χ4n) is 1.76. The fourth-order valence-corrected chi connectivity index (χ4v) is 1.94. The number of imidazole rings is 1. The lowest BCUT2D eigenvalue weighted by molar-refractivity contribution is 0.102. The topological polar surface area (TPSA) is 72.7 Å². The van der Waals surface area contributed by atoms with Crippen molar-refractivity contribution in [3.8, 4) is 0 Å². The molecule has 1 amide bonds. The number of anilines is 1. The number of rotatable bonds is 2. The second-order valence-corrected chi connectivity index (χ2v) is 4.59. The zero-order valence-corrected chi connectivity index (χ0v) is 11.3. The third-order valence-electron chi connectivity index (χ3n) is 2.70. The molecule has 0 aliphatic heterocycles. The summed E-state index contributed by atoms with van der Waals surface area (Å²) < 4.78 is 1.68. The molecule has 0 aliphatic carbocycles. The monoisotopic (exact) mass is 287 g/mol. The Morgan fingerprint density at radius 1 is 1.25 bits per heavy atom. The number of fused-ring (bicyclic) bond motifs is 1. The van der Waals surface area contributed by atoms with E-state index in [0.29, 0.717) is 16.7 Å². The average Bonchev–Trinajstić information content (AvgIpc) is 2.86. The summed E-state index contributed by atoms with van der Waals surface area (Å²) in [5.74, 6) is -0.155. The normalized spacial score (nSPS) is 10.7. The van der Waals surface area contributed by atoms with E-state index >= 15 is 0 Å². The first-order valence-electron chi connectivity index (χ1n) is 5.85. The molecule has 0 spiro atoms. The van der Waals surface area contributed by atoms with E-state index in [0.717, 1.165) is 0 Å². The minimum atomic E-state index is -0.378. The molecule has 0 saturated carbocycles. The number of benzene rings is 1. The average molecular weight is 288 g/mol. The first-order valence-corrected chi connectivity index (χ1v) is 6.23. The molecule has 0 unspecified atom stereocenters. The van der Waals surface area contributed by atoms with Gasteiger partial charge in [-0.1, -0.05) is 23.7 Å². The zero-order chi connectivity index (χ0) is 14.1. The minimum absolute atomic E-state index is 0.146. The van der Waals surface area contributed by atoms with Gasteiger partial charge in [0.15, 0.2) is 11.0 Å². The number of hydrogen-bond donors (Lipinski definition) is 1. The molecule has 2 heterocycles. The highest BCUT2D eigenvalue weighted by Gasteiger charge is 2.13. The van der Waals surface area contributed by atoms with Crippen LogP contribution < -0.4 is 5.32 Å². The van der Waals surface area contributed by atoms with E-state index < -0.39 is 0 Å². The van der Waals surface area contributed by atoms with E-state index in [4.69, 9.17) is 11.6 Å². The summed E-state index contributed by atoms with van der Waals surface area (Å²) in [6.45, 7) is 0. The maximum atomic E-state index is 12.0. The van der Waals surface area contributed by atoms with Gasteiger partial charge in [-0.15, -0.1) is 0 Å². The largest absolute Gasteiger partial charge is 0.340 e. The molecule has 3 aromatic rings. The van der Waals surface area contributed by atoms with Crippen molar-refractivity contribution in [3.05, 3.63) is 47.6 Å². The van der Waals surface area contributed by atoms with Crippen LogP contribution in [-0.4, -0.2) is 25.4 Å². The fraction of sp³-hybridized carbons (Fsp3) is 0.0769. The lowest BCUT2D eigenvalue weighted by Gasteiger charge is -2.05. The van der Waals surface area contributed by atoms with Gasteiger partial charge in [0.1, 0.15) is 5.69 Å². The molecule has 7 heteroatoms. The third-order valence-corrected chi connectivity index (χ3v) is 2.96. The molecule has 0 bridgehead atoms. The van der Waals surface area contributed by atoms with Gasteiger partial charge in [0.05, 0.1) is 17.4 Å². The third kappa shape index (κ3) is 2.33. The van der Waals surface area contributed by atoms with Gasteiger partial charge < -0.3 is 9.88 Å². The van der Waals surface area contributed by atoms with Gasteiger partial charge in [-0.3, -0.25) is 4.79 Å². The number of aromatic nitrogens is 4. The Balaban J connectivity index is 1.94. The van der Waals surface area contributed by atoms with Crippen LogP contribution in [-0.2, 0) is 7.05 Å². The van der Waals surface area contributed by atoms with Gasteiger partial charge in [-0.2, -0.15) is 0 Å². The van der Waals surface area contributed by atoms with Crippen molar-refractivity contribution in [2.45, 2.75) is 0 Å². The molecule has 0 atom stereocenters. The van der Waals surface area contributed by atoms with Gasteiger partial charge >= 0.3 is 0 Å². The van der Waals surface area contributed by atoms with Gasteiger partial charge in [-0.05, 0) is 12.1 Å². The van der Waals surface area contributed by atoms with E-state index in [1.54, 1.807) is 36.3 Å². The van der Waals surface area contributed by atoms with Crippen molar-refractivity contribution in [3.63, 3.8) is 0 Å². The van der Waals surface area contributed by atoms with Crippen LogP contribution in [0, 0.1) is 0 Å². The molecule has 0 aliphatic rings. The summed E-state index contributed by atoms with van der Waals surface area (Å²) in [5.41, 5.74) is 1.63. The smallest absolute Gasteiger partial charge is 0.277 e. The van der Waals surface area contributed by atoms with Gasteiger partial charge in [0.25, 0.3) is 5.91 Å². The Hall–Kier alpha value is -2.47. The SMILES string of the molecule is Cn1cnc(C(=O)Nc2nc3ccccc3nc2Cl)c1. The predicted octanol–water partition coefficient (Wildman–Crippen LogP) is 2.27. The van der Waals surface area contributed by atoms with Crippen molar-refractivity contribution in [1.29, 1.82) is 0 Å². The molecule has 0 radical (unpaired) electrons. The number of aryl methyl sites for hydroxylation is 1. The molecule has 0 fully saturated rings. The number of hydrogen-bond acceptors (Lipinski definition) is 4. The van der Waals surface area contributed by atoms with Crippen molar-refractivity contribution < 1.29 is 4.79 Å². The maximum Gasteiger partial charge on any atom is 0.277 e. The Kier molecular flexibility index (Phi) is 3.08. The number of carbonyl (C=O) groups is 1. The lowest BCUT2D eigenvalue weighted by atomic mass is 10.3. The van der Waals surface area contributed by atoms with Crippen LogP contribution >= 0.6 is 11.6 Å². The van der Waals surface area contributed by atoms with Crippen LogP contribution in [0.2, 0.25) is 5.15 Å². The Morgan fingerprint density at radius 2 is 1.95 bits per heavy atom. The number of para-hydroxylation sites is 2. The second kappa shape index (κ2) is 4.90. The van der Waals surface area contributed by atoms with E-state index in [1.807, 2.05) is 12.1 Å². The maximum absolute atomic E-state index is 12.0.